The molecule has 0 aromatic heterocycles. The summed E-state index contributed by atoms with van der Waals surface area (Å²) in [4.78, 5) is 24.4. The van der Waals surface area contributed by atoms with E-state index in [2.05, 4.69) is 31.3 Å². The Bertz CT molecular complexity index is 951. The monoisotopic (exact) mass is 860 g/mol. The number of carbonyl (C=O) groups excluding carboxylic acids is 2. The Morgan fingerprint density at radius 2 is 0.770 bits per heavy atom. The van der Waals surface area contributed by atoms with Gasteiger partial charge in [-0.25, -0.2) is 0 Å². The summed E-state index contributed by atoms with van der Waals surface area (Å²) in [6.45, 7) is 4.87. The van der Waals surface area contributed by atoms with Gasteiger partial charge in [0.25, 0.3) is 0 Å². The lowest BCUT2D eigenvalue weighted by atomic mass is 10.0. The molecule has 2 atom stereocenters. The number of ether oxygens (including phenoxy) is 1. The quantitative estimate of drug-likeness (QED) is 0.0322. The van der Waals surface area contributed by atoms with Gasteiger partial charge < -0.3 is 20.3 Å². The lowest BCUT2D eigenvalue weighted by molar-refractivity contribution is -0.143. The number of aliphatic hydroxyl groups is 2. The molecule has 6 nitrogen and oxygen atoms in total. The number of carbonyl (C=O) groups is 2. The largest absolute Gasteiger partial charge is 0.466 e. The SMILES string of the molecule is CCCCCCCC/C=C\CCCCCCCCCC(=O)OCCCCCCCCCCCCCCCCCCCC(=O)NC(CO)C(O)/C=C/CCCCCCCCCC. The molecular formula is C55H105NO5. The van der Waals surface area contributed by atoms with Crippen LogP contribution in [-0.2, 0) is 14.3 Å². The van der Waals surface area contributed by atoms with Crippen molar-refractivity contribution in [3.8, 4) is 0 Å². The Labute approximate surface area is 380 Å². The lowest BCUT2D eigenvalue weighted by Crippen LogP contribution is -2.45. The van der Waals surface area contributed by atoms with E-state index in [-0.39, 0.29) is 18.5 Å². The minimum atomic E-state index is -0.846. The third-order valence-electron chi connectivity index (χ3n) is 12.5. The second-order valence-corrected chi connectivity index (χ2v) is 18.6. The molecule has 1 amide bonds. The van der Waals surface area contributed by atoms with Crippen molar-refractivity contribution in [1.29, 1.82) is 0 Å². The van der Waals surface area contributed by atoms with Gasteiger partial charge in [0.05, 0.1) is 25.4 Å². The van der Waals surface area contributed by atoms with Crippen LogP contribution in [0.1, 0.15) is 290 Å². The molecule has 0 heterocycles. The first kappa shape index (κ1) is 59.3. The summed E-state index contributed by atoms with van der Waals surface area (Å²) in [5, 5.41) is 22.9. The number of amides is 1. The molecule has 360 valence electrons. The second-order valence-electron chi connectivity index (χ2n) is 18.6. The molecule has 0 radical (unpaired) electrons. The number of hydrogen-bond acceptors (Lipinski definition) is 5. The zero-order valence-electron chi connectivity index (χ0n) is 40.9. The molecule has 61 heavy (non-hydrogen) atoms. The van der Waals surface area contributed by atoms with Gasteiger partial charge in [-0.2, -0.15) is 0 Å². The number of esters is 1. The van der Waals surface area contributed by atoms with Gasteiger partial charge in [-0.05, 0) is 57.8 Å². The predicted molar refractivity (Wildman–Crippen MR) is 264 cm³/mol. The highest BCUT2D eigenvalue weighted by atomic mass is 16.5. The molecule has 0 aromatic rings. The summed E-state index contributed by atoms with van der Waals surface area (Å²) in [5.41, 5.74) is 0. The van der Waals surface area contributed by atoms with Gasteiger partial charge in [0.2, 0.25) is 5.91 Å². The van der Waals surface area contributed by atoms with Crippen molar-refractivity contribution in [2.75, 3.05) is 13.2 Å². The summed E-state index contributed by atoms with van der Waals surface area (Å²) in [6, 6.07) is -0.630. The highest BCUT2D eigenvalue weighted by Gasteiger charge is 2.18. The molecule has 0 rings (SSSR count). The molecule has 0 aliphatic carbocycles. The molecular weight excluding hydrogens is 755 g/mol. The fourth-order valence-corrected chi connectivity index (χ4v) is 8.27. The van der Waals surface area contributed by atoms with Crippen molar-refractivity contribution in [2.24, 2.45) is 0 Å². The summed E-state index contributed by atoms with van der Waals surface area (Å²) < 4.78 is 5.48. The summed E-state index contributed by atoms with van der Waals surface area (Å²) >= 11 is 0. The zero-order valence-corrected chi connectivity index (χ0v) is 40.9. The van der Waals surface area contributed by atoms with E-state index in [0.717, 1.165) is 44.9 Å². The van der Waals surface area contributed by atoms with Crippen molar-refractivity contribution in [3.05, 3.63) is 24.3 Å². The minimum Gasteiger partial charge on any atom is -0.466 e. The van der Waals surface area contributed by atoms with Gasteiger partial charge in [-0.15, -0.1) is 0 Å². The van der Waals surface area contributed by atoms with E-state index in [9.17, 15) is 19.8 Å². The Morgan fingerprint density at radius 3 is 1.16 bits per heavy atom. The Morgan fingerprint density at radius 1 is 0.443 bits per heavy atom. The van der Waals surface area contributed by atoms with E-state index in [4.69, 9.17) is 4.74 Å². The molecule has 6 heteroatoms. The molecule has 0 saturated carbocycles. The third-order valence-corrected chi connectivity index (χ3v) is 12.5. The van der Waals surface area contributed by atoms with E-state index in [1.807, 2.05) is 6.08 Å². The molecule has 0 aliphatic rings. The van der Waals surface area contributed by atoms with Gasteiger partial charge in [0.15, 0.2) is 0 Å². The molecule has 0 spiro atoms. The van der Waals surface area contributed by atoms with Crippen LogP contribution in [-0.4, -0.2) is 47.4 Å². The van der Waals surface area contributed by atoms with Gasteiger partial charge in [0.1, 0.15) is 0 Å². The summed E-state index contributed by atoms with van der Waals surface area (Å²) in [5.74, 6) is -0.0744. The maximum absolute atomic E-state index is 12.4. The number of unbranched alkanes of at least 4 members (excludes halogenated alkanes) is 37. The van der Waals surface area contributed by atoms with E-state index in [0.29, 0.717) is 19.4 Å². The molecule has 0 saturated heterocycles. The Hall–Kier alpha value is -1.66. The maximum atomic E-state index is 12.4. The van der Waals surface area contributed by atoms with E-state index < -0.39 is 12.1 Å². The van der Waals surface area contributed by atoms with Crippen LogP contribution in [0.2, 0.25) is 0 Å². The van der Waals surface area contributed by atoms with Gasteiger partial charge in [-0.3, -0.25) is 9.59 Å². The van der Waals surface area contributed by atoms with Crippen molar-refractivity contribution in [3.63, 3.8) is 0 Å². The smallest absolute Gasteiger partial charge is 0.305 e. The first-order chi connectivity index (χ1) is 30.0. The van der Waals surface area contributed by atoms with Crippen LogP contribution in [0.15, 0.2) is 24.3 Å². The maximum Gasteiger partial charge on any atom is 0.305 e. The Kier molecular flexibility index (Phi) is 49.6. The van der Waals surface area contributed by atoms with Crippen LogP contribution < -0.4 is 5.32 Å². The fraction of sp³-hybridized carbons (Fsp3) is 0.891. The molecule has 0 aliphatic heterocycles. The van der Waals surface area contributed by atoms with Crippen LogP contribution in [0.4, 0.5) is 0 Å². The number of hydrogen-bond donors (Lipinski definition) is 3. The van der Waals surface area contributed by atoms with Crippen LogP contribution >= 0.6 is 0 Å². The van der Waals surface area contributed by atoms with E-state index >= 15 is 0 Å². The Balaban J connectivity index is 3.40. The van der Waals surface area contributed by atoms with Gasteiger partial charge >= 0.3 is 5.97 Å². The zero-order chi connectivity index (χ0) is 44.4. The number of allylic oxidation sites excluding steroid dienone is 3. The fourth-order valence-electron chi connectivity index (χ4n) is 8.27. The van der Waals surface area contributed by atoms with Crippen LogP contribution in [0.5, 0.6) is 0 Å². The molecule has 0 bridgehead atoms. The normalized spacial score (nSPS) is 12.8. The van der Waals surface area contributed by atoms with Crippen LogP contribution in [0, 0.1) is 0 Å². The average molecular weight is 860 g/mol. The predicted octanol–water partition coefficient (Wildman–Crippen LogP) is 16.3. The summed E-state index contributed by atoms with van der Waals surface area (Å²) in [6.07, 6.45) is 60.5. The summed E-state index contributed by atoms with van der Waals surface area (Å²) in [7, 11) is 0. The minimum absolute atomic E-state index is 0.000779. The van der Waals surface area contributed by atoms with Gasteiger partial charge in [-0.1, -0.05) is 244 Å². The van der Waals surface area contributed by atoms with E-state index in [1.165, 1.54) is 218 Å². The number of rotatable bonds is 50. The molecule has 0 aromatic carbocycles. The van der Waals surface area contributed by atoms with Crippen molar-refractivity contribution in [1.82, 2.24) is 5.32 Å². The third kappa shape index (κ3) is 47.7. The second kappa shape index (κ2) is 51.0. The van der Waals surface area contributed by atoms with Crippen LogP contribution in [0.3, 0.4) is 0 Å². The first-order valence-electron chi connectivity index (χ1n) is 27.1. The van der Waals surface area contributed by atoms with Crippen molar-refractivity contribution >= 4 is 11.9 Å². The van der Waals surface area contributed by atoms with Crippen molar-refractivity contribution in [2.45, 2.75) is 302 Å². The molecule has 0 fully saturated rings. The highest BCUT2D eigenvalue weighted by molar-refractivity contribution is 5.76. The van der Waals surface area contributed by atoms with E-state index in [1.54, 1.807) is 6.08 Å². The number of aliphatic hydroxyl groups excluding tert-OH is 2. The molecule has 2 unspecified atom stereocenters. The standard InChI is InChI=1S/C55H105NO5/c1-3-5-7-9-11-13-15-16-17-19-23-26-29-33-37-41-45-49-55(60)61-50-46-42-38-34-30-27-24-21-18-20-22-25-28-32-36-40-44-48-54(59)56-52(51-57)53(58)47-43-39-35-31-14-12-10-8-6-4-2/h16-17,43,47,52-53,57-58H,3-15,18-42,44-46,48-51H2,1-2H3,(H,56,59)/b17-16-,47-43+. The van der Waals surface area contributed by atoms with Crippen LogP contribution in [0.25, 0.3) is 0 Å². The van der Waals surface area contributed by atoms with Gasteiger partial charge in [0, 0.05) is 12.8 Å². The average Bonchev–Trinajstić information content (AvgIpc) is 3.26. The molecule has 3 N–H and O–H groups in total. The first-order valence-corrected chi connectivity index (χ1v) is 27.1. The van der Waals surface area contributed by atoms with Crippen molar-refractivity contribution < 1.29 is 24.5 Å². The highest BCUT2D eigenvalue weighted by Crippen LogP contribution is 2.16. The lowest BCUT2D eigenvalue weighted by Gasteiger charge is -2.20. The number of nitrogens with one attached hydrogen (secondary N) is 1. The topological polar surface area (TPSA) is 95.9 Å².